The third-order valence-electron chi connectivity index (χ3n) is 4.18. The van der Waals surface area contributed by atoms with Crippen LogP contribution in [0.5, 0.6) is 0 Å². The first-order valence-corrected chi connectivity index (χ1v) is 9.07. The molecule has 1 N–H and O–H groups in total. The minimum atomic E-state index is -3.17. The number of hydrogen-bond donors (Lipinski definition) is 1. The Morgan fingerprint density at radius 2 is 1.79 bits per heavy atom. The van der Waals surface area contributed by atoms with Crippen molar-refractivity contribution >= 4 is 15.9 Å². The van der Waals surface area contributed by atoms with Gasteiger partial charge in [-0.05, 0) is 25.7 Å². The van der Waals surface area contributed by atoms with Crippen molar-refractivity contribution in [3.05, 3.63) is 0 Å². The molecule has 1 aliphatic heterocycles. The number of hydrogen-bond acceptors (Lipinski definition) is 3. The molecular formula is C13H24N2O3S. The Morgan fingerprint density at radius 3 is 2.42 bits per heavy atom. The van der Waals surface area contributed by atoms with Gasteiger partial charge in [0.25, 0.3) is 0 Å². The van der Waals surface area contributed by atoms with Crippen molar-refractivity contribution in [3.63, 3.8) is 0 Å². The molecule has 19 heavy (non-hydrogen) atoms. The van der Waals surface area contributed by atoms with E-state index in [9.17, 15) is 13.2 Å². The van der Waals surface area contributed by atoms with Crippen molar-refractivity contribution in [2.24, 2.45) is 5.92 Å². The van der Waals surface area contributed by atoms with Gasteiger partial charge in [-0.25, -0.2) is 12.7 Å². The number of carbonyl (C=O) groups is 1. The normalized spacial score (nSPS) is 27.1. The van der Waals surface area contributed by atoms with E-state index < -0.39 is 10.0 Å². The molecule has 6 heteroatoms. The van der Waals surface area contributed by atoms with Crippen molar-refractivity contribution in [1.82, 2.24) is 9.62 Å². The number of nitrogens with zero attached hydrogens (tertiary/aromatic N) is 1. The summed E-state index contributed by atoms with van der Waals surface area (Å²) in [5, 5.41) is 3.10. The predicted octanol–water partition coefficient (Wildman–Crippen LogP) is 1.11. The SMILES string of the molecule is CS(=O)(=O)N1CCCC(C(=O)NC2CCCCC2)C1. The van der Waals surface area contributed by atoms with Crippen molar-refractivity contribution < 1.29 is 13.2 Å². The van der Waals surface area contributed by atoms with Gasteiger partial charge in [0, 0.05) is 19.1 Å². The van der Waals surface area contributed by atoms with Gasteiger partial charge in [-0.3, -0.25) is 4.79 Å². The van der Waals surface area contributed by atoms with Gasteiger partial charge in [-0.1, -0.05) is 19.3 Å². The minimum absolute atomic E-state index is 0.0419. The van der Waals surface area contributed by atoms with E-state index in [1.807, 2.05) is 0 Å². The molecule has 0 radical (unpaired) electrons. The highest BCUT2D eigenvalue weighted by Gasteiger charge is 2.31. The first kappa shape index (κ1) is 14.8. The molecule has 1 heterocycles. The molecule has 1 aliphatic carbocycles. The summed E-state index contributed by atoms with van der Waals surface area (Å²) < 4.78 is 24.5. The Labute approximate surface area is 115 Å². The van der Waals surface area contributed by atoms with Crippen LogP contribution in [0.15, 0.2) is 0 Å². The molecule has 2 rings (SSSR count). The van der Waals surface area contributed by atoms with Crippen LogP contribution in [0, 0.1) is 5.92 Å². The highest BCUT2D eigenvalue weighted by atomic mass is 32.2. The topological polar surface area (TPSA) is 66.5 Å². The number of nitrogens with one attached hydrogen (secondary N) is 1. The standard InChI is InChI=1S/C13H24N2O3S/c1-19(17,18)15-9-5-6-11(10-15)13(16)14-12-7-3-2-4-8-12/h11-12H,2-10H2,1H3,(H,14,16). The summed E-state index contributed by atoms with van der Waals surface area (Å²) in [5.74, 6) is -0.134. The van der Waals surface area contributed by atoms with Crippen LogP contribution in [-0.4, -0.2) is 44.0 Å². The van der Waals surface area contributed by atoms with Gasteiger partial charge in [0.1, 0.15) is 0 Å². The quantitative estimate of drug-likeness (QED) is 0.846. The van der Waals surface area contributed by atoms with Gasteiger partial charge < -0.3 is 5.32 Å². The number of rotatable bonds is 3. The molecule has 2 fully saturated rings. The number of piperidine rings is 1. The lowest BCUT2D eigenvalue weighted by Crippen LogP contribution is -2.47. The maximum atomic E-state index is 12.2. The Kier molecular flexibility index (Phi) is 4.84. The summed E-state index contributed by atoms with van der Waals surface area (Å²) in [7, 11) is -3.17. The molecule has 110 valence electrons. The molecular weight excluding hydrogens is 264 g/mol. The number of carbonyl (C=O) groups excluding carboxylic acids is 1. The van der Waals surface area contributed by atoms with E-state index >= 15 is 0 Å². The van der Waals surface area contributed by atoms with Crippen LogP contribution in [-0.2, 0) is 14.8 Å². The monoisotopic (exact) mass is 288 g/mol. The largest absolute Gasteiger partial charge is 0.353 e. The van der Waals surface area contributed by atoms with Crippen LogP contribution in [0.1, 0.15) is 44.9 Å². The third kappa shape index (κ3) is 4.18. The molecule has 0 bridgehead atoms. The summed E-state index contributed by atoms with van der Waals surface area (Å²) in [6.07, 6.45) is 8.55. The number of sulfonamides is 1. The molecule has 0 aromatic carbocycles. The van der Waals surface area contributed by atoms with Gasteiger partial charge in [0.05, 0.1) is 12.2 Å². The second kappa shape index (κ2) is 6.22. The second-order valence-electron chi connectivity index (χ2n) is 5.80. The maximum absolute atomic E-state index is 12.2. The van der Waals surface area contributed by atoms with Gasteiger partial charge in [0.2, 0.25) is 15.9 Å². The molecule has 1 amide bonds. The Balaban J connectivity index is 1.88. The lowest BCUT2D eigenvalue weighted by atomic mass is 9.93. The molecule has 2 aliphatic rings. The Bertz CT molecular complexity index is 416. The smallest absolute Gasteiger partial charge is 0.224 e. The van der Waals surface area contributed by atoms with E-state index in [1.54, 1.807) is 0 Å². The summed E-state index contributed by atoms with van der Waals surface area (Å²) in [6, 6.07) is 0.301. The molecule has 0 aromatic rings. The highest BCUT2D eigenvalue weighted by Crippen LogP contribution is 2.21. The Hall–Kier alpha value is -0.620. The van der Waals surface area contributed by atoms with Crippen LogP contribution < -0.4 is 5.32 Å². The zero-order valence-electron chi connectivity index (χ0n) is 11.6. The van der Waals surface area contributed by atoms with E-state index in [4.69, 9.17) is 0 Å². The molecule has 5 nitrogen and oxygen atoms in total. The van der Waals surface area contributed by atoms with Gasteiger partial charge in [0.15, 0.2) is 0 Å². The summed E-state index contributed by atoms with van der Waals surface area (Å²) in [6.45, 7) is 0.892. The third-order valence-corrected chi connectivity index (χ3v) is 5.45. The van der Waals surface area contributed by atoms with Gasteiger partial charge in [-0.2, -0.15) is 0 Å². The van der Waals surface area contributed by atoms with Gasteiger partial charge in [-0.15, -0.1) is 0 Å². The van der Waals surface area contributed by atoms with Crippen LogP contribution in [0.4, 0.5) is 0 Å². The summed E-state index contributed by atoms with van der Waals surface area (Å²) >= 11 is 0. The van der Waals surface area contributed by atoms with E-state index in [1.165, 1.54) is 29.8 Å². The van der Waals surface area contributed by atoms with Crippen molar-refractivity contribution in [2.75, 3.05) is 19.3 Å². The van der Waals surface area contributed by atoms with Crippen LogP contribution >= 0.6 is 0 Å². The van der Waals surface area contributed by atoms with Crippen molar-refractivity contribution in [1.29, 1.82) is 0 Å². The second-order valence-corrected chi connectivity index (χ2v) is 7.79. The average molecular weight is 288 g/mol. The summed E-state index contributed by atoms with van der Waals surface area (Å²) in [4.78, 5) is 12.2. The van der Waals surface area contributed by atoms with E-state index in [2.05, 4.69) is 5.32 Å². The zero-order valence-corrected chi connectivity index (χ0v) is 12.4. The fourth-order valence-electron chi connectivity index (χ4n) is 3.02. The fraction of sp³-hybridized carbons (Fsp3) is 0.923. The highest BCUT2D eigenvalue weighted by molar-refractivity contribution is 7.88. The number of amides is 1. The molecule has 1 saturated carbocycles. The van der Waals surface area contributed by atoms with E-state index in [-0.39, 0.29) is 11.8 Å². The lowest BCUT2D eigenvalue weighted by molar-refractivity contribution is -0.127. The van der Waals surface area contributed by atoms with Crippen LogP contribution in [0.25, 0.3) is 0 Å². The molecule has 1 unspecified atom stereocenters. The fourth-order valence-corrected chi connectivity index (χ4v) is 3.94. The Morgan fingerprint density at radius 1 is 1.11 bits per heavy atom. The molecule has 1 atom stereocenters. The minimum Gasteiger partial charge on any atom is -0.353 e. The molecule has 0 spiro atoms. The predicted molar refractivity (Wildman–Crippen MR) is 74.2 cm³/mol. The first-order chi connectivity index (χ1) is 8.97. The molecule has 1 saturated heterocycles. The van der Waals surface area contributed by atoms with E-state index in [0.29, 0.717) is 19.1 Å². The van der Waals surface area contributed by atoms with Crippen LogP contribution in [0.2, 0.25) is 0 Å². The summed E-state index contributed by atoms with van der Waals surface area (Å²) in [5.41, 5.74) is 0. The van der Waals surface area contributed by atoms with Gasteiger partial charge >= 0.3 is 0 Å². The van der Waals surface area contributed by atoms with Crippen molar-refractivity contribution in [2.45, 2.75) is 51.0 Å². The van der Waals surface area contributed by atoms with Crippen molar-refractivity contribution in [3.8, 4) is 0 Å². The lowest BCUT2D eigenvalue weighted by Gasteiger charge is -2.32. The first-order valence-electron chi connectivity index (χ1n) is 7.22. The molecule has 0 aromatic heterocycles. The van der Waals surface area contributed by atoms with E-state index in [0.717, 1.165) is 25.7 Å². The van der Waals surface area contributed by atoms with Crippen LogP contribution in [0.3, 0.4) is 0 Å². The maximum Gasteiger partial charge on any atom is 0.224 e. The average Bonchev–Trinajstić information content (AvgIpc) is 2.39. The zero-order chi connectivity index (χ0) is 13.9.